The lowest BCUT2D eigenvalue weighted by Crippen LogP contribution is -2.34. The van der Waals surface area contributed by atoms with Crippen LogP contribution in [0.15, 0.2) is 59.5 Å². The van der Waals surface area contributed by atoms with Crippen LogP contribution in [0.2, 0.25) is 0 Å². The third-order valence-electron chi connectivity index (χ3n) is 7.40. The fraction of sp³-hybridized carbons (Fsp3) is 0.379. The Bertz CT molecular complexity index is 1420. The minimum Gasteiger partial charge on any atom is -0.496 e. The zero-order valence-corrected chi connectivity index (χ0v) is 22.8. The highest BCUT2D eigenvalue weighted by Gasteiger charge is 2.41. The van der Waals surface area contributed by atoms with E-state index in [-0.39, 0.29) is 16.9 Å². The van der Waals surface area contributed by atoms with Gasteiger partial charge in [0.05, 0.1) is 39.4 Å². The third kappa shape index (κ3) is 4.76. The van der Waals surface area contributed by atoms with E-state index in [1.165, 1.54) is 26.4 Å². The molecule has 3 aromatic rings. The SMILES string of the molecule is COc1ccc(S(=O)(=O)Nc2cccc([C@@H]3O[C@@H]4CCCC[C@@H]4c4c(OC)ccc(OC)c43)c2)cc1OC. The molecule has 5 rings (SSSR count). The summed E-state index contributed by atoms with van der Waals surface area (Å²) in [7, 11) is 2.42. The second kappa shape index (κ2) is 10.7. The van der Waals surface area contributed by atoms with E-state index < -0.39 is 16.1 Å². The summed E-state index contributed by atoms with van der Waals surface area (Å²) in [5, 5.41) is 0. The molecule has 1 N–H and O–H groups in total. The smallest absolute Gasteiger partial charge is 0.262 e. The van der Waals surface area contributed by atoms with Crippen molar-refractivity contribution in [1.82, 2.24) is 0 Å². The average molecular weight is 540 g/mol. The van der Waals surface area contributed by atoms with E-state index in [2.05, 4.69) is 4.72 Å². The maximum Gasteiger partial charge on any atom is 0.262 e. The van der Waals surface area contributed by atoms with Crippen molar-refractivity contribution in [2.24, 2.45) is 0 Å². The number of benzene rings is 3. The van der Waals surface area contributed by atoms with Gasteiger partial charge in [-0.3, -0.25) is 4.72 Å². The van der Waals surface area contributed by atoms with Crippen molar-refractivity contribution in [3.63, 3.8) is 0 Å². The summed E-state index contributed by atoms with van der Waals surface area (Å²) in [5.41, 5.74) is 3.32. The molecule has 1 aliphatic carbocycles. The van der Waals surface area contributed by atoms with E-state index in [1.54, 1.807) is 26.4 Å². The highest BCUT2D eigenvalue weighted by Crippen LogP contribution is 2.53. The predicted octanol–water partition coefficient (Wildman–Crippen LogP) is 5.67. The molecule has 2 aliphatic rings. The van der Waals surface area contributed by atoms with Crippen LogP contribution >= 0.6 is 0 Å². The van der Waals surface area contributed by atoms with Crippen LogP contribution in [-0.4, -0.2) is 43.0 Å². The van der Waals surface area contributed by atoms with Crippen LogP contribution in [0.25, 0.3) is 0 Å². The molecular formula is C29H33NO7S. The van der Waals surface area contributed by atoms with E-state index in [0.717, 1.165) is 53.9 Å². The van der Waals surface area contributed by atoms with Crippen molar-refractivity contribution in [2.75, 3.05) is 33.2 Å². The van der Waals surface area contributed by atoms with E-state index in [0.29, 0.717) is 17.2 Å². The molecule has 0 radical (unpaired) electrons. The van der Waals surface area contributed by atoms with Crippen LogP contribution in [0.1, 0.15) is 54.4 Å². The van der Waals surface area contributed by atoms with Crippen LogP contribution in [0, 0.1) is 0 Å². The number of anilines is 1. The first-order valence-corrected chi connectivity index (χ1v) is 14.1. The first-order valence-electron chi connectivity index (χ1n) is 12.6. The number of nitrogens with one attached hydrogen (secondary N) is 1. The van der Waals surface area contributed by atoms with Crippen molar-refractivity contribution in [3.05, 3.63) is 71.3 Å². The van der Waals surface area contributed by atoms with Gasteiger partial charge < -0.3 is 23.7 Å². The fourth-order valence-electron chi connectivity index (χ4n) is 5.65. The fourth-order valence-corrected chi connectivity index (χ4v) is 6.71. The summed E-state index contributed by atoms with van der Waals surface area (Å²) in [6, 6.07) is 15.7. The molecule has 0 aromatic heterocycles. The Morgan fingerprint density at radius 2 is 1.42 bits per heavy atom. The molecule has 9 heteroatoms. The Morgan fingerprint density at radius 3 is 2.13 bits per heavy atom. The first kappa shape index (κ1) is 26.2. The van der Waals surface area contributed by atoms with Gasteiger partial charge in [0.1, 0.15) is 17.6 Å². The Hall–Kier alpha value is -3.43. The number of ether oxygens (including phenoxy) is 5. The zero-order chi connectivity index (χ0) is 26.9. The quantitative estimate of drug-likeness (QED) is 0.394. The number of hydrogen-bond acceptors (Lipinski definition) is 7. The van der Waals surface area contributed by atoms with Crippen molar-refractivity contribution in [1.29, 1.82) is 0 Å². The Morgan fingerprint density at radius 1 is 0.763 bits per heavy atom. The molecular weight excluding hydrogens is 506 g/mol. The van der Waals surface area contributed by atoms with E-state index >= 15 is 0 Å². The summed E-state index contributed by atoms with van der Waals surface area (Å²) in [5.74, 6) is 2.57. The van der Waals surface area contributed by atoms with Gasteiger partial charge >= 0.3 is 0 Å². The topological polar surface area (TPSA) is 92.3 Å². The summed E-state index contributed by atoms with van der Waals surface area (Å²) < 4.78 is 58.0. The lowest BCUT2D eigenvalue weighted by atomic mass is 9.75. The van der Waals surface area contributed by atoms with Crippen molar-refractivity contribution in [2.45, 2.75) is 48.7 Å². The lowest BCUT2D eigenvalue weighted by Gasteiger charge is -2.42. The molecule has 38 heavy (non-hydrogen) atoms. The van der Waals surface area contributed by atoms with Crippen molar-refractivity contribution in [3.8, 4) is 23.0 Å². The molecule has 1 aliphatic heterocycles. The minimum absolute atomic E-state index is 0.0503. The maximum absolute atomic E-state index is 13.3. The van der Waals surface area contributed by atoms with Gasteiger partial charge in [-0.05, 0) is 54.8 Å². The molecule has 0 unspecified atom stereocenters. The van der Waals surface area contributed by atoms with Crippen LogP contribution in [0.4, 0.5) is 5.69 Å². The van der Waals surface area contributed by atoms with Crippen LogP contribution < -0.4 is 23.7 Å². The largest absolute Gasteiger partial charge is 0.496 e. The van der Waals surface area contributed by atoms with Crippen LogP contribution in [-0.2, 0) is 14.8 Å². The summed E-state index contributed by atoms with van der Waals surface area (Å²) in [6.45, 7) is 0. The highest BCUT2D eigenvalue weighted by atomic mass is 32.2. The predicted molar refractivity (Wildman–Crippen MR) is 144 cm³/mol. The van der Waals surface area contributed by atoms with E-state index in [1.807, 2.05) is 30.3 Å². The second-order valence-electron chi connectivity index (χ2n) is 9.49. The van der Waals surface area contributed by atoms with Crippen LogP contribution in [0.5, 0.6) is 23.0 Å². The van der Waals surface area contributed by atoms with Gasteiger partial charge in [0, 0.05) is 28.8 Å². The van der Waals surface area contributed by atoms with E-state index in [4.69, 9.17) is 23.7 Å². The Kier molecular flexibility index (Phi) is 7.40. The van der Waals surface area contributed by atoms with Gasteiger partial charge in [-0.25, -0.2) is 8.42 Å². The standard InChI is InChI=1S/C29H33NO7S/c1-33-23-13-12-20(17-26(23)36-4)38(31,32)30-19-9-7-8-18(16-19)29-28-25(35-3)15-14-24(34-2)27(28)21-10-5-6-11-22(21)37-29/h7-9,12-17,21-22,29-30H,5-6,10-11H2,1-4H3/t21-,22+,29-/m0/s1. The number of hydrogen-bond donors (Lipinski definition) is 1. The molecule has 8 nitrogen and oxygen atoms in total. The molecule has 1 fully saturated rings. The molecule has 1 saturated carbocycles. The van der Waals surface area contributed by atoms with Crippen molar-refractivity contribution < 1.29 is 32.1 Å². The number of rotatable bonds is 8. The minimum atomic E-state index is -3.89. The molecule has 0 bridgehead atoms. The molecule has 3 aromatic carbocycles. The molecule has 3 atom stereocenters. The monoisotopic (exact) mass is 539 g/mol. The molecule has 0 saturated heterocycles. The van der Waals surface area contributed by atoms with Crippen LogP contribution in [0.3, 0.4) is 0 Å². The number of methoxy groups -OCH3 is 4. The number of fused-ring (bicyclic) bond motifs is 3. The highest BCUT2D eigenvalue weighted by molar-refractivity contribution is 7.92. The normalized spacial score (nSPS) is 20.6. The number of sulfonamides is 1. The second-order valence-corrected chi connectivity index (χ2v) is 11.2. The molecule has 1 heterocycles. The third-order valence-corrected chi connectivity index (χ3v) is 8.78. The van der Waals surface area contributed by atoms with E-state index in [9.17, 15) is 8.42 Å². The van der Waals surface area contributed by atoms with Gasteiger partial charge in [-0.2, -0.15) is 0 Å². The molecule has 0 amide bonds. The maximum atomic E-state index is 13.3. The Balaban J connectivity index is 1.53. The first-order chi connectivity index (χ1) is 18.4. The average Bonchev–Trinajstić information content (AvgIpc) is 2.95. The van der Waals surface area contributed by atoms with Gasteiger partial charge in [-0.1, -0.05) is 25.0 Å². The molecule has 202 valence electrons. The van der Waals surface area contributed by atoms with Gasteiger partial charge in [0.2, 0.25) is 0 Å². The van der Waals surface area contributed by atoms with Gasteiger partial charge in [0.25, 0.3) is 10.0 Å². The van der Waals surface area contributed by atoms with Crippen molar-refractivity contribution >= 4 is 15.7 Å². The van der Waals surface area contributed by atoms with Gasteiger partial charge in [0.15, 0.2) is 11.5 Å². The summed E-state index contributed by atoms with van der Waals surface area (Å²) in [6.07, 6.45) is 3.86. The molecule has 0 spiro atoms. The summed E-state index contributed by atoms with van der Waals surface area (Å²) >= 11 is 0. The summed E-state index contributed by atoms with van der Waals surface area (Å²) in [4.78, 5) is 0.0660. The lowest BCUT2D eigenvalue weighted by molar-refractivity contribution is -0.0406. The van der Waals surface area contributed by atoms with Gasteiger partial charge in [-0.15, -0.1) is 0 Å². The zero-order valence-electron chi connectivity index (χ0n) is 22.0. The Labute approximate surface area is 223 Å².